The molecule has 1 heterocycles. The second-order valence-corrected chi connectivity index (χ2v) is 10.5. The van der Waals surface area contributed by atoms with Gasteiger partial charge in [0.25, 0.3) is 0 Å². The highest BCUT2D eigenvalue weighted by Crippen LogP contribution is 2.33. The molecule has 3 aliphatic rings. The molecule has 0 atom stereocenters. The minimum Gasteiger partial charge on any atom is -0.493 e. The molecule has 2 aromatic carbocycles. The standard InChI is InChI=1S/C29H40N2O4/c1-2-31(17-28(32)30-16-21-8-9-21)14-4-7-29-34-19-24(20-35-29)26-6-3-5-23-15-25(12-13-27(23)26)33-18-22-10-11-22/h3,5-6,12-13,15,21-22,24,29H,2,4,7-11,14,16-20H2,1H3,(H,30,32). The van der Waals surface area contributed by atoms with E-state index in [9.17, 15) is 4.79 Å². The lowest BCUT2D eigenvalue weighted by Gasteiger charge is -2.31. The lowest BCUT2D eigenvalue weighted by molar-refractivity contribution is -0.190. The van der Waals surface area contributed by atoms with Crippen molar-refractivity contribution < 1.29 is 19.0 Å². The van der Waals surface area contributed by atoms with E-state index in [2.05, 4.69) is 53.5 Å². The summed E-state index contributed by atoms with van der Waals surface area (Å²) in [4.78, 5) is 14.3. The Labute approximate surface area is 209 Å². The number of ether oxygens (including phenoxy) is 3. The van der Waals surface area contributed by atoms with Crippen molar-refractivity contribution in [2.24, 2.45) is 11.8 Å². The maximum absolute atomic E-state index is 12.1. The number of hydrogen-bond donors (Lipinski definition) is 1. The molecule has 0 bridgehead atoms. The van der Waals surface area contributed by atoms with Gasteiger partial charge in [0.15, 0.2) is 6.29 Å². The van der Waals surface area contributed by atoms with E-state index in [0.29, 0.717) is 19.8 Å². The highest BCUT2D eigenvalue weighted by molar-refractivity contribution is 5.87. The van der Waals surface area contributed by atoms with E-state index in [1.165, 1.54) is 42.0 Å². The van der Waals surface area contributed by atoms with Crippen molar-refractivity contribution in [3.05, 3.63) is 42.0 Å². The summed E-state index contributed by atoms with van der Waals surface area (Å²) in [6.07, 6.45) is 6.77. The van der Waals surface area contributed by atoms with Crippen LogP contribution in [0.5, 0.6) is 5.75 Å². The van der Waals surface area contributed by atoms with E-state index in [1.54, 1.807) is 0 Å². The molecule has 2 saturated carbocycles. The number of fused-ring (bicyclic) bond motifs is 1. The molecule has 0 spiro atoms. The van der Waals surface area contributed by atoms with E-state index in [4.69, 9.17) is 14.2 Å². The first kappa shape index (κ1) is 24.5. The summed E-state index contributed by atoms with van der Waals surface area (Å²) in [6.45, 7) is 7.36. The van der Waals surface area contributed by atoms with Gasteiger partial charge in [-0.15, -0.1) is 0 Å². The predicted octanol–water partition coefficient (Wildman–Crippen LogP) is 4.71. The first-order valence-corrected chi connectivity index (χ1v) is 13.6. The van der Waals surface area contributed by atoms with Gasteiger partial charge >= 0.3 is 0 Å². The van der Waals surface area contributed by atoms with Crippen LogP contribution < -0.4 is 10.1 Å². The molecule has 1 amide bonds. The van der Waals surface area contributed by atoms with E-state index in [1.807, 2.05) is 0 Å². The number of rotatable bonds is 13. The molecular formula is C29H40N2O4. The second-order valence-electron chi connectivity index (χ2n) is 10.5. The highest BCUT2D eigenvalue weighted by Gasteiger charge is 2.26. The maximum Gasteiger partial charge on any atom is 0.234 e. The van der Waals surface area contributed by atoms with Crippen LogP contribution >= 0.6 is 0 Å². The largest absolute Gasteiger partial charge is 0.493 e. The number of hydrogen-bond acceptors (Lipinski definition) is 5. The average molecular weight is 481 g/mol. The third-order valence-corrected chi connectivity index (χ3v) is 7.49. The monoisotopic (exact) mass is 480 g/mol. The van der Waals surface area contributed by atoms with Gasteiger partial charge in [0.2, 0.25) is 5.91 Å². The average Bonchev–Trinajstić information content (AvgIpc) is 3.81. The first-order chi connectivity index (χ1) is 17.2. The highest BCUT2D eigenvalue weighted by atomic mass is 16.7. The van der Waals surface area contributed by atoms with Crippen LogP contribution in [-0.2, 0) is 14.3 Å². The van der Waals surface area contributed by atoms with Crippen molar-refractivity contribution in [3.8, 4) is 5.75 Å². The van der Waals surface area contributed by atoms with Crippen LogP contribution in [0.3, 0.4) is 0 Å². The second kappa shape index (κ2) is 11.7. The van der Waals surface area contributed by atoms with Crippen LogP contribution in [0, 0.1) is 11.8 Å². The van der Waals surface area contributed by atoms with Crippen molar-refractivity contribution in [3.63, 3.8) is 0 Å². The Morgan fingerprint density at radius 2 is 1.89 bits per heavy atom. The molecule has 1 aliphatic heterocycles. The van der Waals surface area contributed by atoms with Gasteiger partial charge in [0, 0.05) is 12.5 Å². The summed E-state index contributed by atoms with van der Waals surface area (Å²) in [5, 5.41) is 5.52. The van der Waals surface area contributed by atoms with Gasteiger partial charge in [-0.3, -0.25) is 9.69 Å². The van der Waals surface area contributed by atoms with Crippen LogP contribution in [0.25, 0.3) is 10.8 Å². The van der Waals surface area contributed by atoms with Crippen LogP contribution in [0.1, 0.15) is 56.9 Å². The fourth-order valence-electron chi connectivity index (χ4n) is 4.79. The number of likely N-dealkylation sites (N-methyl/N-ethyl adjacent to an activating group) is 1. The zero-order valence-electron chi connectivity index (χ0n) is 21.0. The molecule has 0 unspecified atom stereocenters. The fraction of sp³-hybridized carbons (Fsp3) is 0.621. The Bertz CT molecular complexity index is 980. The Kier molecular flexibility index (Phi) is 8.22. The number of carbonyl (C=O) groups excluding carboxylic acids is 1. The molecule has 1 saturated heterocycles. The Balaban J connectivity index is 1.06. The molecule has 2 aliphatic carbocycles. The number of benzene rings is 2. The minimum absolute atomic E-state index is 0.142. The minimum atomic E-state index is -0.161. The third-order valence-electron chi connectivity index (χ3n) is 7.49. The first-order valence-electron chi connectivity index (χ1n) is 13.6. The lowest BCUT2D eigenvalue weighted by atomic mass is 9.94. The van der Waals surface area contributed by atoms with Crippen LogP contribution in [0.15, 0.2) is 36.4 Å². The summed E-state index contributed by atoms with van der Waals surface area (Å²) in [7, 11) is 0. The molecule has 2 aromatic rings. The van der Waals surface area contributed by atoms with Crippen LogP contribution in [-0.4, -0.2) is 63.1 Å². The molecule has 6 heteroatoms. The summed E-state index contributed by atoms with van der Waals surface area (Å²) in [5.41, 5.74) is 1.28. The quantitative estimate of drug-likeness (QED) is 0.450. The van der Waals surface area contributed by atoms with Gasteiger partial charge in [0.05, 0.1) is 26.4 Å². The lowest BCUT2D eigenvalue weighted by Crippen LogP contribution is -2.39. The molecule has 1 N–H and O–H groups in total. The summed E-state index contributed by atoms with van der Waals surface area (Å²) < 4.78 is 18.2. The van der Waals surface area contributed by atoms with Crippen molar-refractivity contribution >= 4 is 16.7 Å². The van der Waals surface area contributed by atoms with E-state index >= 15 is 0 Å². The molecule has 0 aromatic heterocycles. The van der Waals surface area contributed by atoms with Crippen molar-refractivity contribution in [2.45, 2.75) is 57.7 Å². The van der Waals surface area contributed by atoms with E-state index in [-0.39, 0.29) is 18.1 Å². The van der Waals surface area contributed by atoms with E-state index < -0.39 is 0 Å². The predicted molar refractivity (Wildman–Crippen MR) is 138 cm³/mol. The Hall–Kier alpha value is -2.15. The van der Waals surface area contributed by atoms with Crippen LogP contribution in [0.4, 0.5) is 0 Å². The molecule has 5 rings (SSSR count). The fourth-order valence-corrected chi connectivity index (χ4v) is 4.79. The zero-order valence-corrected chi connectivity index (χ0v) is 21.0. The van der Waals surface area contributed by atoms with Gasteiger partial charge in [-0.25, -0.2) is 0 Å². The number of carbonyl (C=O) groups is 1. The molecule has 190 valence electrons. The van der Waals surface area contributed by atoms with Crippen molar-refractivity contribution in [1.82, 2.24) is 10.2 Å². The molecule has 6 nitrogen and oxygen atoms in total. The van der Waals surface area contributed by atoms with Crippen LogP contribution in [0.2, 0.25) is 0 Å². The Morgan fingerprint density at radius 1 is 1.09 bits per heavy atom. The zero-order chi connectivity index (χ0) is 24.0. The number of nitrogens with zero attached hydrogens (tertiary/aromatic N) is 1. The van der Waals surface area contributed by atoms with Gasteiger partial charge in [0.1, 0.15) is 5.75 Å². The SMILES string of the molecule is CCN(CCCC1OCC(c2cccc3cc(OCC4CC4)ccc23)CO1)CC(=O)NCC1CC1. The number of nitrogens with one attached hydrogen (secondary N) is 1. The maximum atomic E-state index is 12.1. The normalized spacial score (nSPS) is 22.5. The molecule has 0 radical (unpaired) electrons. The van der Waals surface area contributed by atoms with Crippen molar-refractivity contribution in [1.29, 1.82) is 0 Å². The smallest absolute Gasteiger partial charge is 0.234 e. The third kappa shape index (κ3) is 7.18. The number of amides is 1. The Morgan fingerprint density at radius 3 is 2.63 bits per heavy atom. The summed E-state index contributed by atoms with van der Waals surface area (Å²) in [5.74, 6) is 2.80. The van der Waals surface area contributed by atoms with Crippen molar-refractivity contribution in [2.75, 3.05) is 46.0 Å². The molecular weight excluding hydrogens is 440 g/mol. The molecule has 35 heavy (non-hydrogen) atoms. The topological polar surface area (TPSA) is 60.0 Å². The van der Waals surface area contributed by atoms with Gasteiger partial charge in [-0.2, -0.15) is 0 Å². The van der Waals surface area contributed by atoms with Gasteiger partial charge in [-0.1, -0.05) is 31.2 Å². The van der Waals surface area contributed by atoms with Gasteiger partial charge < -0.3 is 19.5 Å². The van der Waals surface area contributed by atoms with E-state index in [0.717, 1.165) is 56.7 Å². The molecule has 3 fully saturated rings. The van der Waals surface area contributed by atoms with Gasteiger partial charge in [-0.05, 0) is 91.9 Å². The summed E-state index contributed by atoms with van der Waals surface area (Å²) >= 11 is 0. The summed E-state index contributed by atoms with van der Waals surface area (Å²) in [6, 6.07) is 12.9.